The molecule has 0 aliphatic carbocycles. The summed E-state index contributed by atoms with van der Waals surface area (Å²) >= 11 is 2.45. The van der Waals surface area contributed by atoms with Gasteiger partial charge >= 0.3 is 0 Å². The highest BCUT2D eigenvalue weighted by atomic mass is 127. The van der Waals surface area contributed by atoms with Crippen molar-refractivity contribution in [2.24, 2.45) is 0 Å². The zero-order valence-electron chi connectivity index (χ0n) is 9.20. The summed E-state index contributed by atoms with van der Waals surface area (Å²) in [5, 5.41) is 3.44. The van der Waals surface area contributed by atoms with E-state index in [1.165, 1.54) is 41.4 Å². The van der Waals surface area contributed by atoms with Crippen molar-refractivity contribution in [3.8, 4) is 0 Å². The summed E-state index contributed by atoms with van der Waals surface area (Å²) in [5.74, 6) is 0. The Bertz CT molecular complexity index is 241. The quantitative estimate of drug-likeness (QED) is 0.671. The van der Waals surface area contributed by atoms with E-state index in [-0.39, 0.29) is 0 Å². The van der Waals surface area contributed by atoms with Gasteiger partial charge in [0.05, 0.1) is 0 Å². The van der Waals surface area contributed by atoms with E-state index in [1.807, 2.05) is 0 Å². The van der Waals surface area contributed by atoms with Crippen molar-refractivity contribution in [3.63, 3.8) is 0 Å². The molecule has 0 radical (unpaired) electrons. The van der Waals surface area contributed by atoms with Crippen LogP contribution in [-0.4, -0.2) is 13.1 Å². The van der Waals surface area contributed by atoms with Crippen molar-refractivity contribution in [1.29, 1.82) is 0 Å². The minimum absolute atomic E-state index is 1.02. The van der Waals surface area contributed by atoms with Crippen LogP contribution in [0.15, 0.2) is 20.8 Å². The van der Waals surface area contributed by atoms with Crippen molar-refractivity contribution in [3.05, 3.63) is 20.8 Å². The SMILES string of the molecule is C/C1=C(C)\C(I)=C/CNCCCCC1. The molecule has 1 aliphatic rings. The van der Waals surface area contributed by atoms with Crippen LogP contribution in [0.5, 0.6) is 0 Å². The van der Waals surface area contributed by atoms with Gasteiger partial charge in [-0.3, -0.25) is 0 Å². The highest BCUT2D eigenvalue weighted by molar-refractivity contribution is 14.1. The number of hydrogen-bond acceptors (Lipinski definition) is 1. The number of nitrogens with one attached hydrogen (secondary N) is 1. The van der Waals surface area contributed by atoms with E-state index < -0.39 is 0 Å². The van der Waals surface area contributed by atoms with Crippen LogP contribution in [0.25, 0.3) is 0 Å². The Kier molecular flexibility index (Phi) is 5.78. The van der Waals surface area contributed by atoms with E-state index in [0.29, 0.717) is 0 Å². The smallest absolute Gasteiger partial charge is 0.0148 e. The van der Waals surface area contributed by atoms with Crippen LogP contribution in [0, 0.1) is 0 Å². The molecule has 0 saturated heterocycles. The summed E-state index contributed by atoms with van der Waals surface area (Å²) in [7, 11) is 0. The third-order valence-electron chi connectivity index (χ3n) is 2.83. The van der Waals surface area contributed by atoms with Gasteiger partial charge in [-0.05, 0) is 67.8 Å². The van der Waals surface area contributed by atoms with E-state index in [0.717, 1.165) is 6.54 Å². The lowest BCUT2D eigenvalue weighted by atomic mass is 10.0. The van der Waals surface area contributed by atoms with E-state index in [1.54, 1.807) is 5.57 Å². The minimum Gasteiger partial charge on any atom is -0.313 e. The fourth-order valence-corrected chi connectivity index (χ4v) is 2.31. The molecule has 0 atom stereocenters. The van der Waals surface area contributed by atoms with Gasteiger partial charge in [0.25, 0.3) is 0 Å². The third-order valence-corrected chi connectivity index (χ3v) is 4.08. The number of rotatable bonds is 0. The predicted octanol–water partition coefficient (Wildman–Crippen LogP) is 3.81. The molecule has 80 valence electrons. The number of hydrogen-bond donors (Lipinski definition) is 1. The maximum atomic E-state index is 3.44. The molecule has 0 saturated carbocycles. The van der Waals surface area contributed by atoms with Crippen LogP contribution >= 0.6 is 22.6 Å². The van der Waals surface area contributed by atoms with Crippen LogP contribution in [-0.2, 0) is 0 Å². The molecule has 14 heavy (non-hydrogen) atoms. The average molecular weight is 305 g/mol. The van der Waals surface area contributed by atoms with Gasteiger partial charge in [-0.2, -0.15) is 0 Å². The summed E-state index contributed by atoms with van der Waals surface area (Å²) < 4.78 is 1.41. The van der Waals surface area contributed by atoms with Crippen molar-refractivity contribution in [2.45, 2.75) is 39.5 Å². The molecule has 0 aromatic heterocycles. The zero-order chi connectivity index (χ0) is 10.4. The van der Waals surface area contributed by atoms with Crippen molar-refractivity contribution in [1.82, 2.24) is 5.32 Å². The summed E-state index contributed by atoms with van der Waals surface area (Å²) in [6.07, 6.45) is 7.58. The standard InChI is InChI=1S/C12H20IN/c1-10-6-4-3-5-8-14-9-7-12(13)11(10)2/h7,14H,3-6,8-9H2,1-2H3/b11-10+,12-7+. The second-order valence-corrected chi connectivity index (χ2v) is 5.13. The lowest BCUT2D eigenvalue weighted by Gasteiger charge is -2.06. The second kappa shape index (κ2) is 6.62. The molecule has 0 fully saturated rings. The number of halogens is 1. The normalized spacial score (nSPS) is 30.4. The Balaban J connectivity index is 2.69. The topological polar surface area (TPSA) is 12.0 Å². The molecule has 0 spiro atoms. The second-order valence-electron chi connectivity index (χ2n) is 3.97. The fraction of sp³-hybridized carbons (Fsp3) is 0.667. The van der Waals surface area contributed by atoms with Gasteiger partial charge in [-0.25, -0.2) is 0 Å². The zero-order valence-corrected chi connectivity index (χ0v) is 11.4. The molecule has 0 aromatic rings. The summed E-state index contributed by atoms with van der Waals surface area (Å²) in [6, 6.07) is 0. The molecular weight excluding hydrogens is 285 g/mol. The van der Waals surface area contributed by atoms with Gasteiger partial charge in [0.1, 0.15) is 0 Å². The molecule has 1 heterocycles. The summed E-state index contributed by atoms with van der Waals surface area (Å²) in [4.78, 5) is 0. The van der Waals surface area contributed by atoms with Gasteiger partial charge in [-0.1, -0.05) is 18.1 Å². The summed E-state index contributed by atoms with van der Waals surface area (Å²) in [5.41, 5.74) is 3.04. The van der Waals surface area contributed by atoms with Crippen LogP contribution in [0.3, 0.4) is 0 Å². The minimum atomic E-state index is 1.02. The van der Waals surface area contributed by atoms with E-state index >= 15 is 0 Å². The third kappa shape index (κ3) is 4.13. The first-order chi connectivity index (χ1) is 6.72. The first kappa shape index (κ1) is 12.2. The van der Waals surface area contributed by atoms with Crippen molar-refractivity contribution in [2.75, 3.05) is 13.1 Å². The Labute approximate surface area is 101 Å². The van der Waals surface area contributed by atoms with E-state index in [2.05, 4.69) is 47.8 Å². The van der Waals surface area contributed by atoms with Gasteiger partial charge in [0.15, 0.2) is 0 Å². The highest BCUT2D eigenvalue weighted by Crippen LogP contribution is 2.23. The molecular formula is C12H20IN. The molecule has 1 N–H and O–H groups in total. The van der Waals surface area contributed by atoms with Gasteiger partial charge < -0.3 is 5.32 Å². The van der Waals surface area contributed by atoms with E-state index in [9.17, 15) is 0 Å². The van der Waals surface area contributed by atoms with Crippen molar-refractivity contribution < 1.29 is 0 Å². The lowest BCUT2D eigenvalue weighted by Crippen LogP contribution is -2.14. The molecule has 0 bridgehead atoms. The molecule has 0 amide bonds. The maximum absolute atomic E-state index is 3.44. The van der Waals surface area contributed by atoms with Crippen LogP contribution in [0.4, 0.5) is 0 Å². The number of allylic oxidation sites excluding steroid dienone is 3. The molecule has 0 aromatic carbocycles. The van der Waals surface area contributed by atoms with Gasteiger partial charge in [-0.15, -0.1) is 0 Å². The van der Waals surface area contributed by atoms with Gasteiger partial charge in [0.2, 0.25) is 0 Å². The molecule has 1 aliphatic heterocycles. The lowest BCUT2D eigenvalue weighted by molar-refractivity contribution is 0.626. The largest absolute Gasteiger partial charge is 0.313 e. The predicted molar refractivity (Wildman–Crippen MR) is 71.8 cm³/mol. The maximum Gasteiger partial charge on any atom is 0.0148 e. The average Bonchev–Trinajstić information content (AvgIpc) is 2.21. The molecule has 0 unspecified atom stereocenters. The van der Waals surface area contributed by atoms with E-state index in [4.69, 9.17) is 0 Å². The van der Waals surface area contributed by atoms with Crippen molar-refractivity contribution >= 4 is 22.6 Å². The Morgan fingerprint density at radius 3 is 2.79 bits per heavy atom. The molecule has 1 nitrogen and oxygen atoms in total. The Morgan fingerprint density at radius 1 is 1.21 bits per heavy atom. The highest BCUT2D eigenvalue weighted by Gasteiger charge is 2.02. The Morgan fingerprint density at radius 2 is 2.00 bits per heavy atom. The Hall–Kier alpha value is 0.170. The van der Waals surface area contributed by atoms with Crippen LogP contribution in [0.1, 0.15) is 39.5 Å². The first-order valence-corrected chi connectivity index (χ1v) is 6.53. The van der Waals surface area contributed by atoms with Crippen LogP contribution < -0.4 is 5.32 Å². The first-order valence-electron chi connectivity index (χ1n) is 5.45. The summed E-state index contributed by atoms with van der Waals surface area (Å²) in [6.45, 7) is 6.69. The molecule has 2 heteroatoms. The van der Waals surface area contributed by atoms with Crippen LogP contribution in [0.2, 0.25) is 0 Å². The monoisotopic (exact) mass is 305 g/mol. The van der Waals surface area contributed by atoms with Gasteiger partial charge in [0, 0.05) is 10.1 Å². The fourth-order valence-electron chi connectivity index (χ4n) is 1.63. The molecule has 1 rings (SSSR count).